The lowest BCUT2D eigenvalue weighted by atomic mass is 10.2. The van der Waals surface area contributed by atoms with Crippen LogP contribution >= 0.6 is 11.8 Å². The molecule has 0 spiro atoms. The summed E-state index contributed by atoms with van der Waals surface area (Å²) in [6, 6.07) is 9.18. The lowest BCUT2D eigenvalue weighted by Crippen LogP contribution is -2.47. The maximum absolute atomic E-state index is 13.0. The Morgan fingerprint density at radius 1 is 1.23 bits per heavy atom. The molecule has 0 aliphatic carbocycles. The third-order valence-electron chi connectivity index (χ3n) is 5.40. The number of fused-ring (bicyclic) bond motifs is 3. The van der Waals surface area contributed by atoms with Crippen LogP contribution < -0.4 is 10.2 Å². The van der Waals surface area contributed by atoms with E-state index in [9.17, 15) is 9.59 Å². The highest BCUT2D eigenvalue weighted by atomic mass is 32.2. The maximum atomic E-state index is 13.0. The molecule has 2 amide bonds. The van der Waals surface area contributed by atoms with Gasteiger partial charge in [0.15, 0.2) is 0 Å². The Bertz CT molecular complexity index is 1110. The predicted molar refractivity (Wildman–Crippen MR) is 112 cm³/mol. The summed E-state index contributed by atoms with van der Waals surface area (Å²) in [6.07, 6.45) is 2.00. The van der Waals surface area contributed by atoms with Crippen LogP contribution in [0.3, 0.4) is 0 Å². The third kappa shape index (κ3) is 3.36. The highest BCUT2D eigenvalue weighted by Crippen LogP contribution is 2.37. The highest BCUT2D eigenvalue weighted by Gasteiger charge is 2.35. The van der Waals surface area contributed by atoms with Crippen LogP contribution in [0.25, 0.3) is 0 Å². The zero-order valence-corrected chi connectivity index (χ0v) is 17.3. The minimum Gasteiger partial charge on any atom is -0.337 e. The molecule has 1 aromatic carbocycles. The van der Waals surface area contributed by atoms with E-state index < -0.39 is 11.9 Å². The van der Waals surface area contributed by atoms with E-state index in [0.29, 0.717) is 19.5 Å². The van der Waals surface area contributed by atoms with Crippen LogP contribution in [-0.4, -0.2) is 49.4 Å². The first-order valence-electron chi connectivity index (χ1n) is 9.78. The topological polar surface area (TPSA) is 97.9 Å². The Morgan fingerprint density at radius 3 is 2.90 bits per heavy atom. The number of carbonyl (C=O) groups excluding carboxylic acids is 2. The van der Waals surface area contributed by atoms with Gasteiger partial charge in [-0.05, 0) is 12.0 Å². The van der Waals surface area contributed by atoms with Crippen LogP contribution in [0.15, 0.2) is 36.7 Å². The number of benzene rings is 1. The summed E-state index contributed by atoms with van der Waals surface area (Å²) in [4.78, 5) is 31.5. The molecule has 1 unspecified atom stereocenters. The second kappa shape index (κ2) is 7.60. The Kier molecular flexibility index (Phi) is 4.78. The van der Waals surface area contributed by atoms with Crippen LogP contribution in [0, 0.1) is 0 Å². The first-order valence-corrected chi connectivity index (χ1v) is 10.9. The summed E-state index contributed by atoms with van der Waals surface area (Å²) in [5.74, 6) is 2.05. The number of hydrogen-bond acceptors (Lipinski definition) is 6. The number of aryl methyl sites for hydroxylation is 1. The predicted octanol–water partition coefficient (Wildman–Crippen LogP) is 1.43. The van der Waals surface area contributed by atoms with Crippen molar-refractivity contribution in [3.05, 3.63) is 59.3 Å². The molecule has 10 heteroatoms. The van der Waals surface area contributed by atoms with Crippen molar-refractivity contribution in [2.45, 2.75) is 37.1 Å². The molecule has 0 saturated carbocycles. The average Bonchev–Trinajstić information content (AvgIpc) is 3.45. The minimum atomic E-state index is -0.644. The van der Waals surface area contributed by atoms with E-state index in [4.69, 9.17) is 0 Å². The van der Waals surface area contributed by atoms with Crippen molar-refractivity contribution >= 4 is 29.4 Å². The number of rotatable bonds is 4. The lowest BCUT2D eigenvalue weighted by Gasteiger charge is -2.21. The van der Waals surface area contributed by atoms with Gasteiger partial charge in [-0.1, -0.05) is 30.3 Å². The molecule has 1 N–H and O–H groups in total. The molecule has 0 saturated heterocycles. The SMILES string of the molecule is CN1C(=O)C(NC(=O)c2ncn(Cc3ccccc3)n2)CCn2nc3c(c21)CSC3. The molecule has 9 nitrogen and oxygen atoms in total. The van der Waals surface area contributed by atoms with E-state index in [-0.39, 0.29) is 11.7 Å². The molecule has 4 heterocycles. The van der Waals surface area contributed by atoms with Crippen LogP contribution in [0.4, 0.5) is 5.82 Å². The van der Waals surface area contributed by atoms with Crippen LogP contribution in [0.2, 0.25) is 0 Å². The summed E-state index contributed by atoms with van der Waals surface area (Å²) >= 11 is 1.80. The van der Waals surface area contributed by atoms with Gasteiger partial charge in [-0.2, -0.15) is 16.9 Å². The normalized spacial score (nSPS) is 18.1. The lowest BCUT2D eigenvalue weighted by molar-refractivity contribution is -0.120. The molecule has 0 fully saturated rings. The quantitative estimate of drug-likeness (QED) is 0.682. The second-order valence-electron chi connectivity index (χ2n) is 7.43. The maximum Gasteiger partial charge on any atom is 0.291 e. The Morgan fingerprint density at radius 2 is 2.07 bits per heavy atom. The van der Waals surface area contributed by atoms with Crippen LogP contribution in [0.1, 0.15) is 33.9 Å². The number of thioether (sulfide) groups is 1. The molecule has 2 aliphatic heterocycles. The van der Waals surface area contributed by atoms with E-state index in [1.807, 2.05) is 35.0 Å². The Labute approximate surface area is 177 Å². The number of aromatic nitrogens is 5. The zero-order chi connectivity index (χ0) is 20.7. The molecule has 154 valence electrons. The van der Waals surface area contributed by atoms with Gasteiger partial charge in [0, 0.05) is 30.7 Å². The fourth-order valence-electron chi connectivity index (χ4n) is 3.90. The van der Waals surface area contributed by atoms with Gasteiger partial charge < -0.3 is 5.32 Å². The average molecular weight is 424 g/mol. The van der Waals surface area contributed by atoms with Gasteiger partial charge in [0.1, 0.15) is 18.2 Å². The van der Waals surface area contributed by atoms with Gasteiger partial charge in [-0.3, -0.25) is 14.5 Å². The molecule has 30 heavy (non-hydrogen) atoms. The zero-order valence-electron chi connectivity index (χ0n) is 16.5. The van der Waals surface area contributed by atoms with Crippen molar-refractivity contribution in [1.82, 2.24) is 29.9 Å². The summed E-state index contributed by atoms with van der Waals surface area (Å²) in [7, 11) is 1.75. The van der Waals surface area contributed by atoms with Crippen molar-refractivity contribution in [3.63, 3.8) is 0 Å². The fourth-order valence-corrected chi connectivity index (χ4v) is 4.93. The van der Waals surface area contributed by atoms with Gasteiger partial charge >= 0.3 is 0 Å². The van der Waals surface area contributed by atoms with Crippen LogP contribution in [0.5, 0.6) is 0 Å². The Hall–Kier alpha value is -3.14. The fraction of sp³-hybridized carbons (Fsp3) is 0.350. The number of hydrogen-bond donors (Lipinski definition) is 1. The second-order valence-corrected chi connectivity index (χ2v) is 8.41. The van der Waals surface area contributed by atoms with Crippen molar-refractivity contribution in [3.8, 4) is 0 Å². The number of nitrogens with zero attached hydrogens (tertiary/aromatic N) is 6. The Balaban J connectivity index is 1.28. The van der Waals surface area contributed by atoms with Gasteiger partial charge in [0.25, 0.3) is 11.8 Å². The number of nitrogens with one attached hydrogen (secondary N) is 1. The summed E-state index contributed by atoms with van der Waals surface area (Å²) in [5.41, 5.74) is 3.25. The number of amides is 2. The van der Waals surface area contributed by atoms with Crippen molar-refractivity contribution < 1.29 is 9.59 Å². The van der Waals surface area contributed by atoms with Gasteiger partial charge in [-0.25, -0.2) is 14.3 Å². The molecule has 2 aromatic heterocycles. The molecular weight excluding hydrogens is 402 g/mol. The minimum absolute atomic E-state index is 0.0562. The van der Waals surface area contributed by atoms with E-state index in [1.165, 1.54) is 6.33 Å². The number of likely N-dealkylation sites (N-methyl/N-ethyl adjacent to an activating group) is 1. The largest absolute Gasteiger partial charge is 0.337 e. The van der Waals surface area contributed by atoms with E-state index in [2.05, 4.69) is 20.5 Å². The molecular formula is C20H21N7O2S. The monoisotopic (exact) mass is 423 g/mol. The van der Waals surface area contributed by atoms with Crippen LogP contribution in [-0.2, 0) is 29.4 Å². The first-order chi connectivity index (χ1) is 14.6. The standard InChI is InChI=1S/C20H21N7O2S/c1-25-19-14-10-30-11-16(14)23-27(19)8-7-15(20(25)29)22-18(28)17-21-12-26(24-17)9-13-5-3-2-4-6-13/h2-6,12,15H,7-11H2,1H3,(H,22,28). The summed E-state index contributed by atoms with van der Waals surface area (Å²) in [6.45, 7) is 1.10. The van der Waals surface area contributed by atoms with E-state index >= 15 is 0 Å². The van der Waals surface area contributed by atoms with Gasteiger partial charge in [-0.15, -0.1) is 5.10 Å². The van der Waals surface area contributed by atoms with Gasteiger partial charge in [0.05, 0.1) is 12.2 Å². The smallest absolute Gasteiger partial charge is 0.291 e. The van der Waals surface area contributed by atoms with E-state index in [0.717, 1.165) is 34.1 Å². The summed E-state index contributed by atoms with van der Waals surface area (Å²) in [5, 5.41) is 11.7. The summed E-state index contributed by atoms with van der Waals surface area (Å²) < 4.78 is 3.50. The molecule has 0 radical (unpaired) electrons. The molecule has 3 aromatic rings. The first kappa shape index (κ1) is 18.9. The molecule has 0 bridgehead atoms. The van der Waals surface area contributed by atoms with E-state index in [1.54, 1.807) is 28.4 Å². The number of carbonyl (C=O) groups is 2. The van der Waals surface area contributed by atoms with Gasteiger partial charge in [0.2, 0.25) is 5.82 Å². The number of anilines is 1. The molecule has 2 aliphatic rings. The van der Waals surface area contributed by atoms with Crippen molar-refractivity contribution in [1.29, 1.82) is 0 Å². The third-order valence-corrected chi connectivity index (χ3v) is 6.37. The van der Waals surface area contributed by atoms with Crippen molar-refractivity contribution in [2.75, 3.05) is 11.9 Å². The molecule has 5 rings (SSSR count). The van der Waals surface area contributed by atoms with Crippen molar-refractivity contribution in [2.24, 2.45) is 0 Å². The highest BCUT2D eigenvalue weighted by molar-refractivity contribution is 7.98. The molecule has 1 atom stereocenters.